The lowest BCUT2D eigenvalue weighted by atomic mass is 10.2. The zero-order valence-electron chi connectivity index (χ0n) is 14.2. The first-order chi connectivity index (χ1) is 9.70. The molecule has 0 saturated carbocycles. The molecule has 0 aliphatic heterocycles. The van der Waals surface area contributed by atoms with Crippen molar-refractivity contribution in [3.05, 3.63) is 0 Å². The average molecular weight is 301 g/mol. The molecule has 1 atom stereocenters. The molecule has 0 spiro atoms. The third-order valence-corrected chi connectivity index (χ3v) is 3.58. The predicted octanol–water partition coefficient (Wildman–Crippen LogP) is 2.00. The summed E-state index contributed by atoms with van der Waals surface area (Å²) in [6.07, 6.45) is -0.0363. The van der Waals surface area contributed by atoms with Gasteiger partial charge in [0.15, 0.2) is 0 Å². The molecule has 0 rings (SSSR count). The summed E-state index contributed by atoms with van der Waals surface area (Å²) in [5.74, 6) is -0.889. The Bertz CT molecular complexity index is 324. The molecule has 2 amide bonds. The van der Waals surface area contributed by atoms with E-state index in [2.05, 4.69) is 37.9 Å². The Hall–Kier alpha value is -1.30. The number of carboxylic acids is 1. The van der Waals surface area contributed by atoms with Crippen molar-refractivity contribution in [3.63, 3.8) is 0 Å². The van der Waals surface area contributed by atoms with E-state index < -0.39 is 5.97 Å². The highest BCUT2D eigenvalue weighted by atomic mass is 16.4. The minimum atomic E-state index is -0.889. The zero-order chi connectivity index (χ0) is 16.6. The third-order valence-electron chi connectivity index (χ3n) is 3.58. The lowest BCUT2D eigenvalue weighted by molar-refractivity contribution is -0.138. The minimum absolute atomic E-state index is 0.0363. The Labute approximate surface area is 128 Å². The molecule has 2 N–H and O–H groups in total. The quantitative estimate of drug-likeness (QED) is 0.683. The summed E-state index contributed by atoms with van der Waals surface area (Å²) in [6.45, 7) is 14.0. The number of aliphatic carboxylic acids is 1. The Morgan fingerprint density at radius 3 is 2.00 bits per heavy atom. The predicted molar refractivity (Wildman–Crippen MR) is 84.5 cm³/mol. The van der Waals surface area contributed by atoms with Crippen molar-refractivity contribution in [1.29, 1.82) is 0 Å². The van der Waals surface area contributed by atoms with Gasteiger partial charge in [0, 0.05) is 37.8 Å². The molecule has 0 aromatic carbocycles. The molecule has 1 unspecified atom stereocenters. The third kappa shape index (κ3) is 7.32. The highest BCUT2D eigenvalue weighted by Crippen LogP contribution is 2.05. The lowest BCUT2D eigenvalue weighted by Gasteiger charge is -2.31. The molecule has 0 aliphatic rings. The monoisotopic (exact) mass is 301 g/mol. The van der Waals surface area contributed by atoms with Crippen LogP contribution in [-0.2, 0) is 4.79 Å². The first-order valence-electron chi connectivity index (χ1n) is 7.72. The number of hydrogen-bond acceptors (Lipinski definition) is 3. The van der Waals surface area contributed by atoms with Gasteiger partial charge in [0.05, 0.1) is 6.42 Å². The molecule has 0 radical (unpaired) electrons. The zero-order valence-corrected chi connectivity index (χ0v) is 14.2. The van der Waals surface area contributed by atoms with Crippen molar-refractivity contribution in [2.45, 2.75) is 66.1 Å². The molecule has 0 bridgehead atoms. The molecule has 0 aromatic heterocycles. The second-order valence-electron chi connectivity index (χ2n) is 5.89. The van der Waals surface area contributed by atoms with Crippen LogP contribution in [0, 0.1) is 0 Å². The van der Waals surface area contributed by atoms with Gasteiger partial charge in [-0.1, -0.05) is 0 Å². The Kier molecular flexibility index (Phi) is 9.01. The van der Waals surface area contributed by atoms with E-state index in [0.29, 0.717) is 25.2 Å². The molecule has 21 heavy (non-hydrogen) atoms. The van der Waals surface area contributed by atoms with Crippen LogP contribution in [0.25, 0.3) is 0 Å². The maximum atomic E-state index is 12.1. The van der Waals surface area contributed by atoms with Crippen LogP contribution in [0.2, 0.25) is 0 Å². The second-order valence-corrected chi connectivity index (χ2v) is 5.89. The van der Waals surface area contributed by atoms with Crippen molar-refractivity contribution in [2.75, 3.05) is 19.6 Å². The second kappa shape index (κ2) is 9.60. The summed E-state index contributed by atoms with van der Waals surface area (Å²) in [5.41, 5.74) is 0. The van der Waals surface area contributed by atoms with E-state index in [1.54, 1.807) is 11.8 Å². The number of nitrogens with one attached hydrogen (secondary N) is 1. The smallest absolute Gasteiger partial charge is 0.317 e. The molecule has 0 saturated heterocycles. The minimum Gasteiger partial charge on any atom is -0.481 e. The van der Waals surface area contributed by atoms with Crippen molar-refractivity contribution in [3.8, 4) is 0 Å². The van der Waals surface area contributed by atoms with Gasteiger partial charge in [-0.3, -0.25) is 9.69 Å². The molecule has 0 aliphatic carbocycles. The number of hydrogen-bond donors (Lipinski definition) is 2. The molecule has 6 nitrogen and oxygen atoms in total. The van der Waals surface area contributed by atoms with Crippen molar-refractivity contribution in [2.24, 2.45) is 0 Å². The summed E-state index contributed by atoms with van der Waals surface area (Å²) < 4.78 is 0. The van der Waals surface area contributed by atoms with E-state index in [-0.39, 0.29) is 18.5 Å². The van der Waals surface area contributed by atoms with Crippen LogP contribution in [0.1, 0.15) is 48.0 Å². The van der Waals surface area contributed by atoms with Gasteiger partial charge in [0.25, 0.3) is 0 Å². The SMILES string of the molecule is CCN(C(=O)NCCN(C(C)C)C(C)C)C(C)CC(=O)O. The average Bonchev–Trinajstić information content (AvgIpc) is 2.33. The summed E-state index contributed by atoms with van der Waals surface area (Å²) >= 11 is 0. The van der Waals surface area contributed by atoms with E-state index in [0.717, 1.165) is 6.54 Å². The summed E-state index contributed by atoms with van der Waals surface area (Å²) in [4.78, 5) is 26.7. The normalized spacial score (nSPS) is 12.8. The first-order valence-corrected chi connectivity index (χ1v) is 7.72. The number of carbonyl (C=O) groups is 2. The Morgan fingerprint density at radius 2 is 1.62 bits per heavy atom. The van der Waals surface area contributed by atoms with Crippen LogP contribution in [0.15, 0.2) is 0 Å². The van der Waals surface area contributed by atoms with Crippen LogP contribution in [0.3, 0.4) is 0 Å². The molecule has 0 fully saturated rings. The van der Waals surface area contributed by atoms with Crippen molar-refractivity contribution in [1.82, 2.24) is 15.1 Å². The fourth-order valence-electron chi connectivity index (χ4n) is 2.52. The lowest BCUT2D eigenvalue weighted by Crippen LogP contribution is -2.48. The Morgan fingerprint density at radius 1 is 1.10 bits per heavy atom. The molecule has 0 aromatic rings. The molecular weight excluding hydrogens is 270 g/mol. The highest BCUT2D eigenvalue weighted by molar-refractivity contribution is 5.75. The van der Waals surface area contributed by atoms with Gasteiger partial charge in [-0.2, -0.15) is 0 Å². The van der Waals surface area contributed by atoms with E-state index in [9.17, 15) is 9.59 Å². The van der Waals surface area contributed by atoms with Gasteiger partial charge in [0.1, 0.15) is 0 Å². The number of carboxylic acid groups (broad SMARTS) is 1. The summed E-state index contributed by atoms with van der Waals surface area (Å²) in [7, 11) is 0. The van der Waals surface area contributed by atoms with E-state index >= 15 is 0 Å². The number of rotatable bonds is 9. The van der Waals surface area contributed by atoms with Crippen molar-refractivity contribution >= 4 is 12.0 Å². The number of urea groups is 1. The summed E-state index contributed by atoms with van der Waals surface area (Å²) in [6, 6.07) is 0.350. The molecule has 0 heterocycles. The molecular formula is C15H31N3O3. The van der Waals surface area contributed by atoms with Gasteiger partial charge < -0.3 is 15.3 Å². The Balaban J connectivity index is 4.36. The highest BCUT2D eigenvalue weighted by Gasteiger charge is 2.21. The fourth-order valence-corrected chi connectivity index (χ4v) is 2.52. The van der Waals surface area contributed by atoms with Gasteiger partial charge in [-0.05, 0) is 41.5 Å². The van der Waals surface area contributed by atoms with Gasteiger partial charge in [-0.25, -0.2) is 4.79 Å². The van der Waals surface area contributed by atoms with Gasteiger partial charge >= 0.3 is 12.0 Å². The van der Waals surface area contributed by atoms with Crippen LogP contribution in [0.4, 0.5) is 4.79 Å². The molecule has 124 valence electrons. The van der Waals surface area contributed by atoms with Crippen LogP contribution < -0.4 is 5.32 Å². The van der Waals surface area contributed by atoms with E-state index in [4.69, 9.17) is 5.11 Å². The maximum Gasteiger partial charge on any atom is 0.317 e. The number of carbonyl (C=O) groups excluding carboxylic acids is 1. The summed E-state index contributed by atoms with van der Waals surface area (Å²) in [5, 5.41) is 11.7. The van der Waals surface area contributed by atoms with Crippen molar-refractivity contribution < 1.29 is 14.7 Å². The van der Waals surface area contributed by atoms with Crippen LogP contribution in [0.5, 0.6) is 0 Å². The van der Waals surface area contributed by atoms with Crippen LogP contribution in [-0.4, -0.2) is 64.7 Å². The first kappa shape index (κ1) is 19.7. The topological polar surface area (TPSA) is 72.9 Å². The van der Waals surface area contributed by atoms with E-state index in [1.165, 1.54) is 0 Å². The maximum absolute atomic E-state index is 12.1. The van der Waals surface area contributed by atoms with E-state index in [1.807, 2.05) is 6.92 Å². The van der Waals surface area contributed by atoms with Gasteiger partial charge in [-0.15, -0.1) is 0 Å². The number of nitrogens with zero attached hydrogens (tertiary/aromatic N) is 2. The standard InChI is InChI=1S/C15H31N3O3/c1-7-17(13(6)10-14(19)20)15(21)16-8-9-18(11(2)3)12(4)5/h11-13H,7-10H2,1-6H3,(H,16,21)(H,19,20). The largest absolute Gasteiger partial charge is 0.481 e. The van der Waals surface area contributed by atoms with Gasteiger partial charge in [0.2, 0.25) is 0 Å². The molecule has 6 heteroatoms. The fraction of sp³-hybridized carbons (Fsp3) is 0.867. The number of amides is 2. The van der Waals surface area contributed by atoms with Crippen LogP contribution >= 0.6 is 0 Å².